The molecule has 0 aliphatic carbocycles. The molecule has 2 heterocycles. The number of nitrogens with zero attached hydrogens (tertiary/aromatic N) is 2. The molecule has 0 N–H and O–H groups in total. The molecule has 0 spiro atoms. The van der Waals surface area contributed by atoms with Crippen LogP contribution >= 0.6 is 15.9 Å². The second kappa shape index (κ2) is 2.65. The molecule has 58 valence electrons. The summed E-state index contributed by atoms with van der Waals surface area (Å²) in [5.41, 5.74) is 1.80. The van der Waals surface area contributed by atoms with E-state index in [4.69, 9.17) is 6.42 Å². The van der Waals surface area contributed by atoms with Crippen molar-refractivity contribution in [1.29, 1.82) is 0 Å². The maximum atomic E-state index is 5.24. The summed E-state index contributed by atoms with van der Waals surface area (Å²) < 4.78 is 2.71. The van der Waals surface area contributed by atoms with Gasteiger partial charge in [0.15, 0.2) is 0 Å². The van der Waals surface area contributed by atoms with E-state index in [0.29, 0.717) is 0 Å². The lowest BCUT2D eigenvalue weighted by atomic mass is 10.3. The Bertz CT molecular complexity index is 465. The predicted molar refractivity (Wildman–Crippen MR) is 50.8 cm³/mol. The Morgan fingerprint density at radius 1 is 1.50 bits per heavy atom. The van der Waals surface area contributed by atoms with Crippen LogP contribution in [0, 0.1) is 12.3 Å². The lowest BCUT2D eigenvalue weighted by Crippen LogP contribution is -1.90. The molecule has 0 amide bonds. The fraction of sp³-hybridized carbons (Fsp3) is 0. The SMILES string of the molecule is C#Cc1cnn2c(Br)ccc2c1. The average Bonchev–Trinajstić information content (AvgIpc) is 2.47. The third kappa shape index (κ3) is 1.01. The van der Waals surface area contributed by atoms with Gasteiger partial charge in [-0.3, -0.25) is 0 Å². The first kappa shape index (κ1) is 7.38. The van der Waals surface area contributed by atoms with Crippen LogP contribution in [-0.2, 0) is 0 Å². The lowest BCUT2D eigenvalue weighted by molar-refractivity contribution is 0.917. The summed E-state index contributed by atoms with van der Waals surface area (Å²) in [5, 5.41) is 4.14. The van der Waals surface area contributed by atoms with Crippen LogP contribution in [-0.4, -0.2) is 9.61 Å². The van der Waals surface area contributed by atoms with Gasteiger partial charge in [-0.2, -0.15) is 5.10 Å². The average molecular weight is 221 g/mol. The molecule has 0 bridgehead atoms. The van der Waals surface area contributed by atoms with Crippen LogP contribution in [0.15, 0.2) is 29.0 Å². The van der Waals surface area contributed by atoms with E-state index >= 15 is 0 Å². The maximum absolute atomic E-state index is 5.24. The van der Waals surface area contributed by atoms with E-state index in [1.165, 1.54) is 0 Å². The number of fused-ring (bicyclic) bond motifs is 1. The number of hydrogen-bond donors (Lipinski definition) is 0. The van der Waals surface area contributed by atoms with E-state index in [-0.39, 0.29) is 0 Å². The van der Waals surface area contributed by atoms with Crippen LogP contribution in [0.1, 0.15) is 5.56 Å². The first-order valence-corrected chi connectivity index (χ1v) is 4.20. The third-order valence-corrected chi connectivity index (χ3v) is 2.22. The topological polar surface area (TPSA) is 17.3 Å². The number of aromatic nitrogens is 2. The summed E-state index contributed by atoms with van der Waals surface area (Å²) in [4.78, 5) is 0. The van der Waals surface area contributed by atoms with Crippen LogP contribution in [0.3, 0.4) is 0 Å². The molecule has 0 aliphatic heterocycles. The quantitative estimate of drug-likeness (QED) is 0.622. The molecule has 0 unspecified atom stereocenters. The maximum Gasteiger partial charge on any atom is 0.108 e. The Morgan fingerprint density at radius 2 is 2.33 bits per heavy atom. The van der Waals surface area contributed by atoms with Gasteiger partial charge < -0.3 is 0 Å². The van der Waals surface area contributed by atoms with E-state index in [2.05, 4.69) is 26.9 Å². The molecule has 0 saturated carbocycles. The molecule has 2 rings (SSSR count). The first-order chi connectivity index (χ1) is 5.81. The zero-order valence-corrected chi connectivity index (χ0v) is 7.75. The molecule has 0 aromatic carbocycles. The van der Waals surface area contributed by atoms with Crippen molar-refractivity contribution in [3.05, 3.63) is 34.6 Å². The molecule has 0 saturated heterocycles. The molecule has 0 aliphatic rings. The van der Waals surface area contributed by atoms with Crippen molar-refractivity contribution < 1.29 is 0 Å². The molecule has 2 aromatic rings. The summed E-state index contributed by atoms with van der Waals surface area (Å²) >= 11 is 3.36. The van der Waals surface area contributed by atoms with Crippen LogP contribution < -0.4 is 0 Å². The summed E-state index contributed by atoms with van der Waals surface area (Å²) in [7, 11) is 0. The minimum atomic E-state index is 0.799. The van der Waals surface area contributed by atoms with E-state index in [1.54, 1.807) is 10.7 Å². The van der Waals surface area contributed by atoms with Crippen LogP contribution in [0.2, 0.25) is 0 Å². The predicted octanol–water partition coefficient (Wildman–Crippen LogP) is 2.08. The second-order valence-electron chi connectivity index (χ2n) is 2.38. The smallest absolute Gasteiger partial charge is 0.108 e. The number of hydrogen-bond acceptors (Lipinski definition) is 1. The third-order valence-electron chi connectivity index (χ3n) is 1.62. The highest BCUT2D eigenvalue weighted by Gasteiger charge is 1.98. The van der Waals surface area contributed by atoms with Crippen LogP contribution in [0.4, 0.5) is 0 Å². The van der Waals surface area contributed by atoms with Crippen LogP contribution in [0.25, 0.3) is 5.52 Å². The van der Waals surface area contributed by atoms with Crippen molar-refractivity contribution in [3.63, 3.8) is 0 Å². The number of rotatable bonds is 0. The van der Waals surface area contributed by atoms with Gasteiger partial charge in [0.1, 0.15) is 4.60 Å². The summed E-state index contributed by atoms with van der Waals surface area (Å²) in [6.45, 7) is 0. The molecule has 0 atom stereocenters. The first-order valence-electron chi connectivity index (χ1n) is 3.41. The lowest BCUT2D eigenvalue weighted by Gasteiger charge is -1.94. The Labute approximate surface area is 78.3 Å². The Morgan fingerprint density at radius 3 is 3.08 bits per heavy atom. The van der Waals surface area contributed by atoms with Crippen molar-refractivity contribution >= 4 is 21.4 Å². The fourth-order valence-corrected chi connectivity index (χ4v) is 1.47. The largest absolute Gasteiger partial charge is 0.227 e. The standard InChI is InChI=1S/C9H5BrN2/c1-2-7-5-8-3-4-9(10)12(8)11-6-7/h1,3-6H. The van der Waals surface area contributed by atoms with Gasteiger partial charge >= 0.3 is 0 Å². The van der Waals surface area contributed by atoms with Crippen LogP contribution in [0.5, 0.6) is 0 Å². The van der Waals surface area contributed by atoms with Crippen molar-refractivity contribution in [2.45, 2.75) is 0 Å². The van der Waals surface area contributed by atoms with Gasteiger partial charge in [-0.1, -0.05) is 5.92 Å². The Hall–Kier alpha value is -1.27. The summed E-state index contributed by atoms with van der Waals surface area (Å²) in [6, 6.07) is 5.80. The summed E-state index contributed by atoms with van der Waals surface area (Å²) in [5.74, 6) is 2.54. The Balaban J connectivity index is 2.80. The monoisotopic (exact) mass is 220 g/mol. The minimum Gasteiger partial charge on any atom is -0.227 e. The van der Waals surface area contributed by atoms with Crippen molar-refractivity contribution in [2.24, 2.45) is 0 Å². The molecule has 3 heteroatoms. The van der Waals surface area contributed by atoms with Gasteiger partial charge in [0.05, 0.1) is 11.7 Å². The van der Waals surface area contributed by atoms with Gasteiger partial charge in [-0.05, 0) is 34.1 Å². The highest BCUT2D eigenvalue weighted by atomic mass is 79.9. The molecular weight excluding hydrogens is 216 g/mol. The molecule has 2 aromatic heterocycles. The summed E-state index contributed by atoms with van der Waals surface area (Å²) in [6.07, 6.45) is 6.90. The van der Waals surface area contributed by atoms with Gasteiger partial charge in [0, 0.05) is 5.56 Å². The second-order valence-corrected chi connectivity index (χ2v) is 3.19. The molecule has 2 nitrogen and oxygen atoms in total. The normalized spacial score (nSPS) is 10.0. The number of halogens is 1. The molecule has 0 radical (unpaired) electrons. The van der Waals surface area contributed by atoms with E-state index in [0.717, 1.165) is 15.7 Å². The molecular formula is C9H5BrN2. The van der Waals surface area contributed by atoms with Gasteiger partial charge in [-0.15, -0.1) is 6.42 Å². The van der Waals surface area contributed by atoms with Gasteiger partial charge in [0.25, 0.3) is 0 Å². The molecule has 0 fully saturated rings. The molecule has 12 heavy (non-hydrogen) atoms. The van der Waals surface area contributed by atoms with E-state index in [1.807, 2.05) is 18.2 Å². The van der Waals surface area contributed by atoms with Gasteiger partial charge in [-0.25, -0.2) is 4.52 Å². The minimum absolute atomic E-state index is 0.799. The zero-order valence-electron chi connectivity index (χ0n) is 6.16. The van der Waals surface area contributed by atoms with E-state index < -0.39 is 0 Å². The Kier molecular flexibility index (Phi) is 1.63. The van der Waals surface area contributed by atoms with Crippen molar-refractivity contribution in [3.8, 4) is 12.3 Å². The highest BCUT2D eigenvalue weighted by Crippen LogP contribution is 2.14. The van der Waals surface area contributed by atoms with Gasteiger partial charge in [0.2, 0.25) is 0 Å². The number of terminal acetylenes is 1. The van der Waals surface area contributed by atoms with Crippen molar-refractivity contribution in [2.75, 3.05) is 0 Å². The van der Waals surface area contributed by atoms with Crippen molar-refractivity contribution in [1.82, 2.24) is 9.61 Å². The fourth-order valence-electron chi connectivity index (χ4n) is 1.05. The highest BCUT2D eigenvalue weighted by molar-refractivity contribution is 9.10. The zero-order chi connectivity index (χ0) is 8.55. The van der Waals surface area contributed by atoms with E-state index in [9.17, 15) is 0 Å².